The summed E-state index contributed by atoms with van der Waals surface area (Å²) >= 11 is 11.3. The average molecular weight is 426 g/mol. The number of hydrogen-bond acceptors (Lipinski definition) is 4. The van der Waals surface area contributed by atoms with Crippen molar-refractivity contribution in [1.29, 1.82) is 0 Å². The highest BCUT2D eigenvalue weighted by molar-refractivity contribution is 7.71. The Morgan fingerprint density at radius 2 is 1.93 bits per heavy atom. The number of nitrogens with zero attached hydrogens (tertiary/aromatic N) is 4. The first kappa shape index (κ1) is 18.5. The SMILES string of the molecule is FC(F)(F)Oc1ccc(Cn2c(-c3cn4ccc(Cl)cc4n3)n[nH]c2=S)cc1. The number of ether oxygens (including phenoxy) is 1. The molecule has 0 bridgehead atoms. The lowest BCUT2D eigenvalue weighted by Gasteiger charge is -2.10. The zero-order valence-electron chi connectivity index (χ0n) is 13.9. The quantitative estimate of drug-likeness (QED) is 0.474. The van der Waals surface area contributed by atoms with Crippen molar-refractivity contribution < 1.29 is 17.9 Å². The standard InChI is InChI=1S/C17H11ClF3N5OS/c18-11-5-6-25-9-13(22-14(25)7-11)15-23-24-16(28)26(15)8-10-1-3-12(4-2-10)27-17(19,20)21/h1-7,9H,8H2,(H,24,28). The zero-order chi connectivity index (χ0) is 19.9. The van der Waals surface area contributed by atoms with Crippen LogP contribution in [0.25, 0.3) is 17.2 Å². The fraction of sp³-hybridized carbons (Fsp3) is 0.118. The number of fused-ring (bicyclic) bond motifs is 1. The number of benzene rings is 1. The third-order valence-corrected chi connectivity index (χ3v) is 4.45. The lowest BCUT2D eigenvalue weighted by atomic mass is 10.2. The van der Waals surface area contributed by atoms with E-state index in [0.717, 1.165) is 5.56 Å². The number of imidazole rings is 1. The van der Waals surface area contributed by atoms with Gasteiger partial charge in [-0.25, -0.2) is 4.98 Å². The predicted octanol–water partition coefficient (Wildman–Crippen LogP) is 4.86. The first-order valence-corrected chi connectivity index (χ1v) is 8.72. The van der Waals surface area contributed by atoms with Gasteiger partial charge >= 0.3 is 6.36 Å². The summed E-state index contributed by atoms with van der Waals surface area (Å²) in [7, 11) is 0. The van der Waals surface area contributed by atoms with E-state index in [1.807, 2.05) is 0 Å². The summed E-state index contributed by atoms with van der Waals surface area (Å²) in [6.45, 7) is 0.297. The molecule has 0 amide bonds. The molecule has 28 heavy (non-hydrogen) atoms. The molecule has 0 spiro atoms. The number of H-pyrrole nitrogens is 1. The fourth-order valence-electron chi connectivity index (χ4n) is 2.70. The maximum absolute atomic E-state index is 12.3. The van der Waals surface area contributed by atoms with Crippen molar-refractivity contribution in [3.8, 4) is 17.3 Å². The lowest BCUT2D eigenvalue weighted by molar-refractivity contribution is -0.274. The summed E-state index contributed by atoms with van der Waals surface area (Å²) in [5.74, 6) is 0.213. The molecule has 4 aromatic rings. The molecule has 11 heteroatoms. The summed E-state index contributed by atoms with van der Waals surface area (Å²) in [5.41, 5.74) is 1.95. The molecule has 3 aromatic heterocycles. The van der Waals surface area contributed by atoms with Crippen molar-refractivity contribution >= 4 is 29.5 Å². The predicted molar refractivity (Wildman–Crippen MR) is 98.8 cm³/mol. The molecule has 4 rings (SSSR count). The van der Waals surface area contributed by atoms with Gasteiger partial charge in [0.1, 0.15) is 17.1 Å². The summed E-state index contributed by atoms with van der Waals surface area (Å²) in [5, 5.41) is 7.51. The van der Waals surface area contributed by atoms with Crippen LogP contribution < -0.4 is 4.74 Å². The van der Waals surface area contributed by atoms with Gasteiger partial charge < -0.3 is 9.14 Å². The minimum absolute atomic E-state index is 0.288. The molecule has 0 aliphatic heterocycles. The minimum atomic E-state index is -4.73. The number of nitrogens with one attached hydrogen (secondary N) is 1. The van der Waals surface area contributed by atoms with Gasteiger partial charge in [0.2, 0.25) is 0 Å². The molecule has 0 saturated carbocycles. The Labute approximate surface area is 166 Å². The van der Waals surface area contributed by atoms with Crippen LogP contribution in [0, 0.1) is 4.77 Å². The molecule has 0 unspecified atom stereocenters. The highest BCUT2D eigenvalue weighted by Crippen LogP contribution is 2.24. The Morgan fingerprint density at radius 3 is 2.64 bits per heavy atom. The Morgan fingerprint density at radius 1 is 1.18 bits per heavy atom. The van der Waals surface area contributed by atoms with Crippen LogP contribution in [0.1, 0.15) is 5.56 Å². The number of alkyl halides is 3. The number of hydrogen-bond donors (Lipinski definition) is 1. The summed E-state index contributed by atoms with van der Waals surface area (Å²) in [6, 6.07) is 9.02. The van der Waals surface area contributed by atoms with E-state index in [-0.39, 0.29) is 5.75 Å². The van der Waals surface area contributed by atoms with Gasteiger partial charge in [-0.1, -0.05) is 23.7 Å². The van der Waals surface area contributed by atoms with Crippen LogP contribution in [-0.4, -0.2) is 30.5 Å². The molecule has 0 aliphatic carbocycles. The molecule has 0 aliphatic rings. The van der Waals surface area contributed by atoms with Crippen molar-refractivity contribution in [2.45, 2.75) is 12.9 Å². The van der Waals surface area contributed by atoms with Crippen LogP contribution in [0.4, 0.5) is 13.2 Å². The number of rotatable bonds is 4. The van der Waals surface area contributed by atoms with Gasteiger partial charge in [-0.3, -0.25) is 9.67 Å². The number of aromatic amines is 1. The van der Waals surface area contributed by atoms with Crippen molar-refractivity contribution in [2.24, 2.45) is 0 Å². The van der Waals surface area contributed by atoms with Gasteiger partial charge in [-0.05, 0) is 36.0 Å². The first-order valence-electron chi connectivity index (χ1n) is 7.93. The van der Waals surface area contributed by atoms with Crippen molar-refractivity contribution in [3.05, 3.63) is 64.1 Å². The summed E-state index contributed by atoms with van der Waals surface area (Å²) < 4.78 is 44.6. The van der Waals surface area contributed by atoms with E-state index >= 15 is 0 Å². The molecule has 0 atom stereocenters. The highest BCUT2D eigenvalue weighted by Gasteiger charge is 2.30. The molecule has 6 nitrogen and oxygen atoms in total. The van der Waals surface area contributed by atoms with Crippen molar-refractivity contribution in [1.82, 2.24) is 24.1 Å². The first-order chi connectivity index (χ1) is 13.3. The van der Waals surface area contributed by atoms with Crippen LogP contribution >= 0.6 is 23.8 Å². The third-order valence-electron chi connectivity index (χ3n) is 3.91. The van der Waals surface area contributed by atoms with E-state index in [2.05, 4.69) is 19.9 Å². The van der Waals surface area contributed by atoms with Crippen LogP contribution in [0.2, 0.25) is 5.02 Å². The maximum Gasteiger partial charge on any atom is 0.573 e. The maximum atomic E-state index is 12.3. The van der Waals surface area contributed by atoms with E-state index in [0.29, 0.717) is 33.5 Å². The molecule has 0 saturated heterocycles. The fourth-order valence-corrected chi connectivity index (χ4v) is 3.05. The Hall–Kier alpha value is -2.85. The number of pyridine rings is 1. The molecular formula is C17H11ClF3N5OS. The lowest BCUT2D eigenvalue weighted by Crippen LogP contribution is -2.17. The normalized spacial score (nSPS) is 11.9. The molecule has 0 radical (unpaired) electrons. The second-order valence-electron chi connectivity index (χ2n) is 5.87. The molecule has 0 fully saturated rings. The topological polar surface area (TPSA) is 60.1 Å². The van der Waals surface area contributed by atoms with Gasteiger partial charge in [0, 0.05) is 23.5 Å². The van der Waals surface area contributed by atoms with Gasteiger partial charge in [-0.15, -0.1) is 13.2 Å². The average Bonchev–Trinajstić information content (AvgIpc) is 3.18. The Balaban J connectivity index is 1.64. The van der Waals surface area contributed by atoms with Crippen molar-refractivity contribution in [2.75, 3.05) is 0 Å². The van der Waals surface area contributed by atoms with Crippen molar-refractivity contribution in [3.63, 3.8) is 0 Å². The monoisotopic (exact) mass is 425 g/mol. The van der Waals surface area contributed by atoms with Gasteiger partial charge in [0.25, 0.3) is 0 Å². The molecule has 144 valence electrons. The second-order valence-corrected chi connectivity index (χ2v) is 6.69. The van der Waals surface area contributed by atoms with E-state index in [9.17, 15) is 13.2 Å². The van der Waals surface area contributed by atoms with Crippen LogP contribution in [0.15, 0.2) is 48.8 Å². The van der Waals surface area contributed by atoms with Gasteiger partial charge in [0.05, 0.1) is 6.54 Å². The molecule has 1 N–H and O–H groups in total. The largest absolute Gasteiger partial charge is 0.573 e. The Kier molecular flexibility index (Phi) is 4.60. The summed E-state index contributed by atoms with van der Waals surface area (Å²) in [6.07, 6.45) is -1.17. The minimum Gasteiger partial charge on any atom is -0.406 e. The van der Waals surface area contributed by atoms with Gasteiger partial charge in [0.15, 0.2) is 10.6 Å². The number of aromatic nitrogens is 5. The second kappa shape index (κ2) is 6.95. The molecule has 3 heterocycles. The van der Waals surface area contributed by atoms with E-state index in [1.54, 1.807) is 33.5 Å². The number of halogens is 4. The van der Waals surface area contributed by atoms with Crippen LogP contribution in [-0.2, 0) is 6.54 Å². The van der Waals surface area contributed by atoms with E-state index < -0.39 is 6.36 Å². The van der Waals surface area contributed by atoms with Gasteiger partial charge in [-0.2, -0.15) is 5.10 Å². The smallest absolute Gasteiger partial charge is 0.406 e. The molecule has 1 aromatic carbocycles. The van der Waals surface area contributed by atoms with E-state index in [4.69, 9.17) is 23.8 Å². The summed E-state index contributed by atoms with van der Waals surface area (Å²) in [4.78, 5) is 4.50. The van der Waals surface area contributed by atoms with Crippen LogP contribution in [0.3, 0.4) is 0 Å². The van der Waals surface area contributed by atoms with E-state index in [1.165, 1.54) is 24.3 Å². The highest BCUT2D eigenvalue weighted by atomic mass is 35.5. The third kappa shape index (κ3) is 3.87. The van der Waals surface area contributed by atoms with Crippen LogP contribution in [0.5, 0.6) is 5.75 Å². The Bertz CT molecular complexity index is 1200. The zero-order valence-corrected chi connectivity index (χ0v) is 15.5. The molecular weight excluding hydrogens is 415 g/mol.